The van der Waals surface area contributed by atoms with Crippen molar-refractivity contribution in [3.05, 3.63) is 0 Å². The van der Waals surface area contributed by atoms with Gasteiger partial charge in [0.15, 0.2) is 11.5 Å². The van der Waals surface area contributed by atoms with E-state index in [1.54, 1.807) is 0 Å². The molecule has 0 bridgehead atoms. The summed E-state index contributed by atoms with van der Waals surface area (Å²) in [6.45, 7) is 5.86. The van der Waals surface area contributed by atoms with E-state index in [0.717, 1.165) is 12.2 Å². The molecule has 1 rings (SSSR count). The molecule has 0 aromatic heterocycles. The van der Waals surface area contributed by atoms with Crippen molar-refractivity contribution < 1.29 is 17.8 Å². The Morgan fingerprint density at radius 1 is 1.20 bits per heavy atom. The number of carbonyl (C=O) groups is 1. The van der Waals surface area contributed by atoms with Gasteiger partial charge in [-0.15, -0.1) is 0 Å². The van der Waals surface area contributed by atoms with Crippen molar-refractivity contribution in [1.82, 2.24) is 0 Å². The molecular formula is C14H28O4S2. The maximum Gasteiger partial charge on any atom is 0.184 e. The molecule has 120 valence electrons. The third-order valence-electron chi connectivity index (χ3n) is 3.10. The van der Waals surface area contributed by atoms with Crippen molar-refractivity contribution in [2.24, 2.45) is 5.92 Å². The van der Waals surface area contributed by atoms with Gasteiger partial charge in [-0.1, -0.05) is 27.2 Å². The lowest BCUT2D eigenvalue weighted by atomic mass is 10.1. The van der Waals surface area contributed by atoms with Gasteiger partial charge in [0.2, 0.25) is 0 Å². The minimum absolute atomic E-state index is 0.219. The van der Waals surface area contributed by atoms with Gasteiger partial charge in [0, 0.05) is 11.7 Å². The van der Waals surface area contributed by atoms with E-state index in [4.69, 9.17) is 0 Å². The Bertz CT molecular complexity index is 357. The Labute approximate surface area is 126 Å². The molecule has 0 aromatic rings. The summed E-state index contributed by atoms with van der Waals surface area (Å²) in [5.74, 6) is 4.01. The van der Waals surface area contributed by atoms with Crippen LogP contribution in [0.25, 0.3) is 0 Å². The molecule has 0 radical (unpaired) electrons. The lowest BCUT2D eigenvalue weighted by molar-refractivity contribution is -0.119. The predicted molar refractivity (Wildman–Crippen MR) is 85.1 cm³/mol. The first-order valence-corrected chi connectivity index (χ1v) is 10.7. The lowest BCUT2D eigenvalue weighted by Crippen LogP contribution is -2.27. The van der Waals surface area contributed by atoms with Crippen molar-refractivity contribution in [1.29, 1.82) is 0 Å². The summed E-state index contributed by atoms with van der Waals surface area (Å²) in [5.41, 5.74) is 0. The van der Waals surface area contributed by atoms with E-state index in [1.807, 2.05) is 20.8 Å². The Balaban J connectivity index is 0.000000396. The van der Waals surface area contributed by atoms with Crippen LogP contribution in [0.4, 0.5) is 0 Å². The highest BCUT2D eigenvalue weighted by atomic mass is 32.2. The van der Waals surface area contributed by atoms with E-state index in [2.05, 4.69) is 0 Å². The largest absolute Gasteiger partial charge is 0.748 e. The molecule has 4 nitrogen and oxygen atoms in total. The molecule has 1 aliphatic rings. The highest BCUT2D eigenvalue weighted by Gasteiger charge is 2.25. The summed E-state index contributed by atoms with van der Waals surface area (Å²) >= 11 is 0. The molecule has 0 saturated carbocycles. The molecule has 1 aliphatic heterocycles. The first-order valence-electron chi connectivity index (χ1n) is 7.36. The fourth-order valence-corrected chi connectivity index (χ4v) is 4.82. The molecule has 20 heavy (non-hydrogen) atoms. The van der Waals surface area contributed by atoms with Gasteiger partial charge in [-0.2, -0.15) is 0 Å². The zero-order chi connectivity index (χ0) is 15.6. The number of rotatable bonds is 6. The van der Waals surface area contributed by atoms with E-state index >= 15 is 0 Å². The monoisotopic (exact) mass is 324 g/mol. The predicted octanol–water partition coefficient (Wildman–Crippen LogP) is 2.35. The van der Waals surface area contributed by atoms with Crippen molar-refractivity contribution in [3.63, 3.8) is 0 Å². The first-order chi connectivity index (χ1) is 9.26. The first kappa shape index (κ1) is 19.9. The Kier molecular flexibility index (Phi) is 10.6. The molecule has 0 N–H and O–H groups in total. The van der Waals surface area contributed by atoms with Gasteiger partial charge in [0.05, 0.1) is 10.1 Å². The van der Waals surface area contributed by atoms with Gasteiger partial charge in [0.25, 0.3) is 0 Å². The van der Waals surface area contributed by atoms with Crippen LogP contribution in [-0.4, -0.2) is 41.8 Å². The average Bonchev–Trinajstić information content (AvgIpc) is 2.37. The zero-order valence-corrected chi connectivity index (χ0v) is 14.5. The molecule has 1 fully saturated rings. The number of ketones is 1. The van der Waals surface area contributed by atoms with Crippen molar-refractivity contribution in [3.8, 4) is 0 Å². The van der Waals surface area contributed by atoms with Crippen molar-refractivity contribution >= 4 is 26.8 Å². The summed E-state index contributed by atoms with van der Waals surface area (Å²) < 4.78 is 29.5. The van der Waals surface area contributed by atoms with Crippen LogP contribution < -0.4 is 0 Å². The lowest BCUT2D eigenvalue weighted by Gasteiger charge is -2.13. The molecule has 0 spiro atoms. The average molecular weight is 325 g/mol. The van der Waals surface area contributed by atoms with E-state index in [1.165, 1.54) is 30.8 Å². The molecule has 1 heterocycles. The molecule has 0 atom stereocenters. The molecule has 0 amide bonds. The van der Waals surface area contributed by atoms with Crippen LogP contribution in [0.5, 0.6) is 0 Å². The Morgan fingerprint density at radius 2 is 1.75 bits per heavy atom. The standard InChI is InChI=1S/C10H19OS.C4H10O3S/c1-9(2)10(11)8-12-6-4-3-5-7-12;1-2-3-4-8(5,6)7/h9H,3-8H2,1-2H3;2-4H2,1H3,(H,5,6,7)/q+1;/p-1. The maximum absolute atomic E-state index is 11.4. The maximum atomic E-state index is 11.4. The topological polar surface area (TPSA) is 74.3 Å². The van der Waals surface area contributed by atoms with E-state index in [9.17, 15) is 17.8 Å². The van der Waals surface area contributed by atoms with Crippen molar-refractivity contribution in [2.75, 3.05) is 23.0 Å². The normalized spacial score (nSPS) is 16.6. The summed E-state index contributed by atoms with van der Waals surface area (Å²) in [4.78, 5) is 11.4. The summed E-state index contributed by atoms with van der Waals surface area (Å²) in [6.07, 6.45) is 5.33. The van der Waals surface area contributed by atoms with Gasteiger partial charge in [0.1, 0.15) is 11.5 Å². The number of carbonyl (C=O) groups excluding carboxylic acids is 1. The molecule has 6 heteroatoms. The van der Waals surface area contributed by atoms with Crippen LogP contribution in [0.15, 0.2) is 0 Å². The third-order valence-corrected chi connectivity index (χ3v) is 6.32. The van der Waals surface area contributed by atoms with Crippen LogP contribution in [0, 0.1) is 5.92 Å². The van der Waals surface area contributed by atoms with Gasteiger partial charge < -0.3 is 4.55 Å². The van der Waals surface area contributed by atoms with Gasteiger partial charge in [-0.25, -0.2) is 8.42 Å². The highest BCUT2D eigenvalue weighted by Crippen LogP contribution is 2.14. The van der Waals surface area contributed by atoms with E-state index < -0.39 is 10.1 Å². The van der Waals surface area contributed by atoms with Gasteiger partial charge in [-0.05, 0) is 36.6 Å². The van der Waals surface area contributed by atoms with Gasteiger partial charge in [-0.3, -0.25) is 4.79 Å². The fraction of sp³-hybridized carbons (Fsp3) is 0.929. The molecular weight excluding hydrogens is 296 g/mol. The second kappa shape index (κ2) is 10.6. The molecule has 0 aliphatic carbocycles. The quantitative estimate of drug-likeness (QED) is 0.555. The Hall–Kier alpha value is -0.0700. The fourth-order valence-electron chi connectivity index (χ4n) is 1.72. The minimum Gasteiger partial charge on any atom is -0.748 e. The van der Waals surface area contributed by atoms with Crippen LogP contribution >= 0.6 is 0 Å². The second-order valence-electron chi connectivity index (χ2n) is 5.46. The number of Topliss-reactive ketones (excluding diaryl/α,β-unsaturated/α-hetero) is 1. The van der Waals surface area contributed by atoms with Crippen LogP contribution in [-0.2, 0) is 25.8 Å². The number of hydrogen-bond acceptors (Lipinski definition) is 4. The minimum atomic E-state index is -3.94. The summed E-state index contributed by atoms with van der Waals surface area (Å²) in [5, 5.41) is 0. The van der Waals surface area contributed by atoms with Crippen LogP contribution in [0.1, 0.15) is 52.9 Å². The van der Waals surface area contributed by atoms with Gasteiger partial charge >= 0.3 is 0 Å². The molecule has 0 unspecified atom stereocenters. The molecule has 1 saturated heterocycles. The smallest absolute Gasteiger partial charge is 0.184 e. The summed E-state index contributed by atoms with van der Waals surface area (Å²) in [7, 11) is -3.48. The van der Waals surface area contributed by atoms with E-state index in [-0.39, 0.29) is 11.7 Å². The number of hydrogen-bond donors (Lipinski definition) is 0. The Morgan fingerprint density at radius 3 is 2.10 bits per heavy atom. The summed E-state index contributed by atoms with van der Waals surface area (Å²) in [6, 6.07) is 0. The van der Waals surface area contributed by atoms with Crippen LogP contribution in [0.3, 0.4) is 0 Å². The zero-order valence-electron chi connectivity index (χ0n) is 12.9. The SMILES string of the molecule is CC(C)C(=O)C[S+]1CCCCC1.CCCCS(=O)(=O)[O-]. The van der Waals surface area contributed by atoms with Crippen LogP contribution in [0.2, 0.25) is 0 Å². The molecule has 0 aromatic carbocycles. The second-order valence-corrected chi connectivity index (χ2v) is 9.32. The van der Waals surface area contributed by atoms with Crippen molar-refractivity contribution in [2.45, 2.75) is 52.9 Å². The number of unbranched alkanes of at least 4 members (excludes halogenated alkanes) is 1. The highest BCUT2D eigenvalue weighted by molar-refractivity contribution is 7.97. The van der Waals surface area contributed by atoms with E-state index in [0.29, 0.717) is 23.1 Å². The third kappa shape index (κ3) is 11.7.